The van der Waals surface area contributed by atoms with Crippen molar-refractivity contribution in [2.45, 2.75) is 26.3 Å². The van der Waals surface area contributed by atoms with E-state index in [1.165, 1.54) is 16.6 Å². The molecule has 1 heterocycles. The number of carboxylic acids is 1. The summed E-state index contributed by atoms with van der Waals surface area (Å²) < 4.78 is 0. The van der Waals surface area contributed by atoms with Gasteiger partial charge in [0.2, 0.25) is 0 Å². The topological polar surface area (TPSA) is 79.1 Å². The molecule has 0 amide bonds. The average molecular weight is 234 g/mol. The predicted octanol–water partition coefficient (Wildman–Crippen LogP) is 2.15. The van der Waals surface area contributed by atoms with Crippen LogP contribution in [0.1, 0.15) is 19.5 Å². The Hall–Kier alpha value is -1.81. The van der Waals surface area contributed by atoms with E-state index < -0.39 is 5.97 Å². The minimum atomic E-state index is -0.833. The molecule has 1 atom stereocenters. The Morgan fingerprint density at radius 3 is 2.59 bits per heavy atom. The average Bonchev–Trinajstić information content (AvgIpc) is 2.57. The summed E-state index contributed by atoms with van der Waals surface area (Å²) in [5.41, 5.74) is 8.14. The fraction of sp³-hybridized carbons (Fsp3) is 0.308. The van der Waals surface area contributed by atoms with E-state index in [1.54, 1.807) is 0 Å². The molecule has 0 saturated carbocycles. The minimum Gasteiger partial charge on any atom is -0.481 e. The van der Waals surface area contributed by atoms with Crippen LogP contribution in [0.25, 0.3) is 10.9 Å². The monoisotopic (exact) mass is 234 g/mol. The molecular weight excluding hydrogens is 216 g/mol. The van der Waals surface area contributed by atoms with Gasteiger partial charge in [-0.05, 0) is 24.4 Å². The van der Waals surface area contributed by atoms with Gasteiger partial charge in [0, 0.05) is 30.6 Å². The van der Waals surface area contributed by atoms with Crippen LogP contribution in [0.3, 0.4) is 0 Å². The Balaban J connectivity index is 0.000000317. The molecule has 0 aliphatic heterocycles. The van der Waals surface area contributed by atoms with Crippen molar-refractivity contribution in [3.63, 3.8) is 0 Å². The van der Waals surface area contributed by atoms with Gasteiger partial charge in [0.1, 0.15) is 0 Å². The second kappa shape index (κ2) is 6.06. The number of aromatic nitrogens is 1. The summed E-state index contributed by atoms with van der Waals surface area (Å²) in [5.74, 6) is -0.833. The molecule has 0 fully saturated rings. The van der Waals surface area contributed by atoms with Crippen molar-refractivity contribution in [1.29, 1.82) is 0 Å². The Bertz CT molecular complexity index is 452. The van der Waals surface area contributed by atoms with Crippen molar-refractivity contribution < 1.29 is 9.90 Å². The number of benzene rings is 1. The fourth-order valence-corrected chi connectivity index (χ4v) is 1.59. The highest BCUT2D eigenvalue weighted by molar-refractivity contribution is 5.80. The summed E-state index contributed by atoms with van der Waals surface area (Å²) in [6, 6.07) is 10.7. The van der Waals surface area contributed by atoms with Crippen LogP contribution in [0, 0.1) is 0 Å². The first-order chi connectivity index (χ1) is 7.99. The lowest BCUT2D eigenvalue weighted by atomic mass is 10.2. The molecule has 92 valence electrons. The Labute approximate surface area is 100 Å². The zero-order valence-electron chi connectivity index (χ0n) is 10.1. The van der Waals surface area contributed by atoms with Gasteiger partial charge in [0.05, 0.1) is 0 Å². The van der Waals surface area contributed by atoms with E-state index >= 15 is 0 Å². The van der Waals surface area contributed by atoms with E-state index in [0.29, 0.717) is 0 Å². The summed E-state index contributed by atoms with van der Waals surface area (Å²) in [6.07, 6.45) is 0.911. The SMILES string of the molecule is CC(=O)O.CC(N)Cc1cc2ccccc2[nH]1. The summed E-state index contributed by atoms with van der Waals surface area (Å²) in [6.45, 7) is 3.10. The summed E-state index contributed by atoms with van der Waals surface area (Å²) >= 11 is 0. The Morgan fingerprint density at radius 1 is 1.47 bits per heavy atom. The molecule has 0 aliphatic rings. The Kier molecular flexibility index (Phi) is 4.72. The van der Waals surface area contributed by atoms with Gasteiger partial charge in [-0.25, -0.2) is 0 Å². The molecule has 2 rings (SSSR count). The van der Waals surface area contributed by atoms with E-state index in [1.807, 2.05) is 19.1 Å². The smallest absolute Gasteiger partial charge is 0.300 e. The van der Waals surface area contributed by atoms with Gasteiger partial charge in [0.25, 0.3) is 5.97 Å². The lowest BCUT2D eigenvalue weighted by molar-refractivity contribution is -0.134. The van der Waals surface area contributed by atoms with Crippen molar-refractivity contribution in [1.82, 2.24) is 4.98 Å². The van der Waals surface area contributed by atoms with Crippen LogP contribution in [0.5, 0.6) is 0 Å². The van der Waals surface area contributed by atoms with Gasteiger partial charge in [0.15, 0.2) is 0 Å². The number of nitrogens with two attached hydrogens (primary N) is 1. The number of fused-ring (bicyclic) bond motifs is 1. The minimum absolute atomic E-state index is 0.216. The van der Waals surface area contributed by atoms with E-state index in [0.717, 1.165) is 13.3 Å². The molecule has 0 radical (unpaired) electrons. The number of aromatic amines is 1. The Morgan fingerprint density at radius 2 is 2.06 bits per heavy atom. The normalized spacial score (nSPS) is 11.7. The molecule has 0 bridgehead atoms. The summed E-state index contributed by atoms with van der Waals surface area (Å²) in [4.78, 5) is 12.3. The molecule has 4 heteroatoms. The van der Waals surface area contributed by atoms with Gasteiger partial charge in [-0.1, -0.05) is 18.2 Å². The lowest BCUT2D eigenvalue weighted by Crippen LogP contribution is -2.17. The second-order valence-corrected chi connectivity index (χ2v) is 4.08. The molecule has 17 heavy (non-hydrogen) atoms. The second-order valence-electron chi connectivity index (χ2n) is 4.08. The van der Waals surface area contributed by atoms with E-state index in [9.17, 15) is 0 Å². The zero-order valence-corrected chi connectivity index (χ0v) is 10.1. The van der Waals surface area contributed by atoms with Crippen LogP contribution >= 0.6 is 0 Å². The molecular formula is C13H18N2O2. The fourth-order valence-electron chi connectivity index (χ4n) is 1.59. The van der Waals surface area contributed by atoms with Gasteiger partial charge < -0.3 is 15.8 Å². The number of rotatable bonds is 2. The highest BCUT2D eigenvalue weighted by Crippen LogP contribution is 2.15. The largest absolute Gasteiger partial charge is 0.481 e. The molecule has 4 nitrogen and oxygen atoms in total. The maximum absolute atomic E-state index is 9.00. The summed E-state index contributed by atoms with van der Waals surface area (Å²) in [7, 11) is 0. The third-order valence-corrected chi connectivity index (χ3v) is 2.13. The van der Waals surface area contributed by atoms with Crippen molar-refractivity contribution >= 4 is 16.9 Å². The number of nitrogens with one attached hydrogen (secondary N) is 1. The zero-order chi connectivity index (χ0) is 12.8. The number of aliphatic carboxylic acids is 1. The molecule has 0 saturated heterocycles. The van der Waals surface area contributed by atoms with Crippen LogP contribution in [0.4, 0.5) is 0 Å². The van der Waals surface area contributed by atoms with E-state index in [-0.39, 0.29) is 6.04 Å². The maximum Gasteiger partial charge on any atom is 0.300 e. The number of hydrogen-bond acceptors (Lipinski definition) is 2. The third kappa shape index (κ3) is 4.70. The van der Waals surface area contributed by atoms with Crippen molar-refractivity contribution in [3.05, 3.63) is 36.0 Å². The molecule has 1 aromatic heterocycles. The molecule has 4 N–H and O–H groups in total. The van der Waals surface area contributed by atoms with Crippen molar-refractivity contribution in [2.24, 2.45) is 5.73 Å². The number of H-pyrrole nitrogens is 1. The van der Waals surface area contributed by atoms with Crippen molar-refractivity contribution in [2.75, 3.05) is 0 Å². The van der Waals surface area contributed by atoms with E-state index in [4.69, 9.17) is 15.6 Å². The maximum atomic E-state index is 9.00. The number of hydrogen-bond donors (Lipinski definition) is 3. The highest BCUT2D eigenvalue weighted by Gasteiger charge is 2.01. The number of carboxylic acid groups (broad SMARTS) is 1. The lowest BCUT2D eigenvalue weighted by Gasteiger charge is -2.00. The molecule has 0 aliphatic carbocycles. The van der Waals surface area contributed by atoms with Gasteiger partial charge >= 0.3 is 0 Å². The first-order valence-corrected chi connectivity index (χ1v) is 5.50. The van der Waals surface area contributed by atoms with E-state index in [2.05, 4.69) is 23.2 Å². The molecule has 2 aromatic rings. The van der Waals surface area contributed by atoms with Crippen molar-refractivity contribution in [3.8, 4) is 0 Å². The summed E-state index contributed by atoms with van der Waals surface area (Å²) in [5, 5.41) is 8.68. The standard InChI is InChI=1S/C11H14N2.C2H4O2/c1-8(12)6-10-7-9-4-2-3-5-11(9)13-10;1-2(3)4/h2-5,7-8,13H,6,12H2,1H3;1H3,(H,3,4). The van der Waals surface area contributed by atoms with Crippen LogP contribution in [-0.4, -0.2) is 22.1 Å². The molecule has 0 spiro atoms. The molecule has 1 aromatic carbocycles. The quantitative estimate of drug-likeness (QED) is 0.745. The third-order valence-electron chi connectivity index (χ3n) is 2.13. The van der Waals surface area contributed by atoms with Gasteiger partial charge in [-0.2, -0.15) is 0 Å². The van der Waals surface area contributed by atoms with Crippen LogP contribution in [0.15, 0.2) is 30.3 Å². The van der Waals surface area contributed by atoms with Crippen LogP contribution in [0.2, 0.25) is 0 Å². The highest BCUT2D eigenvalue weighted by atomic mass is 16.4. The number of para-hydroxylation sites is 1. The first kappa shape index (κ1) is 13.3. The number of carbonyl (C=O) groups is 1. The van der Waals surface area contributed by atoms with Gasteiger partial charge in [-0.15, -0.1) is 0 Å². The molecule has 1 unspecified atom stereocenters. The van der Waals surface area contributed by atoms with Crippen LogP contribution in [-0.2, 0) is 11.2 Å². The predicted molar refractivity (Wildman–Crippen MR) is 69.0 cm³/mol. The van der Waals surface area contributed by atoms with Gasteiger partial charge in [-0.3, -0.25) is 4.79 Å². The van der Waals surface area contributed by atoms with Crippen LogP contribution < -0.4 is 5.73 Å². The first-order valence-electron chi connectivity index (χ1n) is 5.50.